The Bertz CT molecular complexity index is 786. The van der Waals surface area contributed by atoms with Gasteiger partial charge in [-0.2, -0.15) is 0 Å². The average molecular weight is 309 g/mol. The zero-order valence-electron chi connectivity index (χ0n) is 11.7. The molecule has 3 aromatic rings. The molecule has 0 fully saturated rings. The molecule has 4 heteroatoms. The highest BCUT2D eigenvalue weighted by Gasteiger charge is 2.07. The number of pyridine rings is 1. The summed E-state index contributed by atoms with van der Waals surface area (Å²) in [6, 6.07) is 18.3. The number of anilines is 1. The fourth-order valence-electron chi connectivity index (χ4n) is 2.12. The molecule has 3 rings (SSSR count). The van der Waals surface area contributed by atoms with Gasteiger partial charge in [-0.05, 0) is 59.7 Å². The lowest BCUT2D eigenvalue weighted by Crippen LogP contribution is -2.11. The Morgan fingerprint density at radius 1 is 0.909 bits per heavy atom. The number of hydrogen-bond donors (Lipinski definition) is 1. The number of rotatable bonds is 3. The van der Waals surface area contributed by atoms with Gasteiger partial charge in [0.05, 0.1) is 0 Å². The molecule has 1 heterocycles. The molecule has 0 atom stereocenters. The molecule has 0 radical (unpaired) electrons. The molecule has 2 aromatic carbocycles. The minimum atomic E-state index is -0.154. The van der Waals surface area contributed by atoms with Crippen molar-refractivity contribution in [3.05, 3.63) is 83.6 Å². The molecule has 0 spiro atoms. The van der Waals surface area contributed by atoms with Crippen LogP contribution >= 0.6 is 11.6 Å². The largest absolute Gasteiger partial charge is 0.322 e. The predicted octanol–water partition coefficient (Wildman–Crippen LogP) is 4.65. The van der Waals surface area contributed by atoms with Crippen LogP contribution in [0.25, 0.3) is 11.1 Å². The SMILES string of the molecule is O=C(Nc1ccc(Cl)cc1)c1cccc(-c2ccncc2)c1. The Kier molecular flexibility index (Phi) is 4.17. The van der Waals surface area contributed by atoms with Crippen molar-refractivity contribution in [3.63, 3.8) is 0 Å². The van der Waals surface area contributed by atoms with Crippen molar-refractivity contribution in [2.75, 3.05) is 5.32 Å². The van der Waals surface area contributed by atoms with E-state index in [-0.39, 0.29) is 5.91 Å². The van der Waals surface area contributed by atoms with Gasteiger partial charge < -0.3 is 5.32 Å². The molecule has 22 heavy (non-hydrogen) atoms. The number of hydrogen-bond acceptors (Lipinski definition) is 2. The Hall–Kier alpha value is -2.65. The molecule has 3 nitrogen and oxygen atoms in total. The molecule has 0 aliphatic carbocycles. The summed E-state index contributed by atoms with van der Waals surface area (Å²) in [6.45, 7) is 0. The summed E-state index contributed by atoms with van der Waals surface area (Å²) in [4.78, 5) is 16.3. The number of carbonyl (C=O) groups is 1. The molecule has 108 valence electrons. The monoisotopic (exact) mass is 308 g/mol. The summed E-state index contributed by atoms with van der Waals surface area (Å²) in [7, 11) is 0. The lowest BCUT2D eigenvalue weighted by Gasteiger charge is -2.07. The highest BCUT2D eigenvalue weighted by Crippen LogP contribution is 2.20. The summed E-state index contributed by atoms with van der Waals surface area (Å²) in [5, 5.41) is 3.49. The van der Waals surface area contributed by atoms with Crippen molar-refractivity contribution in [2.45, 2.75) is 0 Å². The van der Waals surface area contributed by atoms with E-state index in [4.69, 9.17) is 11.6 Å². The van der Waals surface area contributed by atoms with E-state index in [2.05, 4.69) is 10.3 Å². The minimum absolute atomic E-state index is 0.154. The molecule has 0 bridgehead atoms. The normalized spacial score (nSPS) is 10.2. The number of halogens is 1. The summed E-state index contributed by atoms with van der Waals surface area (Å²) in [6.07, 6.45) is 3.46. The summed E-state index contributed by atoms with van der Waals surface area (Å²) in [5.74, 6) is -0.154. The maximum absolute atomic E-state index is 12.3. The van der Waals surface area contributed by atoms with E-state index < -0.39 is 0 Å². The van der Waals surface area contributed by atoms with Gasteiger partial charge in [-0.1, -0.05) is 23.7 Å². The van der Waals surface area contributed by atoms with Crippen LogP contribution in [0.4, 0.5) is 5.69 Å². The number of nitrogens with one attached hydrogen (secondary N) is 1. The van der Waals surface area contributed by atoms with E-state index in [1.807, 2.05) is 30.3 Å². The number of nitrogens with zero attached hydrogens (tertiary/aromatic N) is 1. The fraction of sp³-hybridized carbons (Fsp3) is 0. The van der Waals surface area contributed by atoms with Gasteiger partial charge in [0.1, 0.15) is 0 Å². The number of benzene rings is 2. The first-order chi connectivity index (χ1) is 10.7. The smallest absolute Gasteiger partial charge is 0.255 e. The van der Waals surface area contributed by atoms with Crippen LogP contribution in [0, 0.1) is 0 Å². The van der Waals surface area contributed by atoms with Crippen molar-refractivity contribution in [1.82, 2.24) is 4.98 Å². The second kappa shape index (κ2) is 6.41. The fourth-order valence-corrected chi connectivity index (χ4v) is 2.25. The second-order valence-electron chi connectivity index (χ2n) is 4.78. The van der Waals surface area contributed by atoms with Crippen molar-refractivity contribution in [1.29, 1.82) is 0 Å². The second-order valence-corrected chi connectivity index (χ2v) is 5.21. The van der Waals surface area contributed by atoms with Crippen LogP contribution in [0.15, 0.2) is 73.1 Å². The van der Waals surface area contributed by atoms with Crippen LogP contribution < -0.4 is 5.32 Å². The van der Waals surface area contributed by atoms with Crippen molar-refractivity contribution in [2.24, 2.45) is 0 Å². The first-order valence-electron chi connectivity index (χ1n) is 6.80. The van der Waals surface area contributed by atoms with E-state index in [9.17, 15) is 4.79 Å². The van der Waals surface area contributed by atoms with Crippen LogP contribution in [0.3, 0.4) is 0 Å². The van der Waals surface area contributed by atoms with Gasteiger partial charge >= 0.3 is 0 Å². The molecule has 0 saturated heterocycles. The van der Waals surface area contributed by atoms with Gasteiger partial charge in [-0.25, -0.2) is 0 Å². The van der Waals surface area contributed by atoms with Gasteiger partial charge in [0.25, 0.3) is 5.91 Å². The Balaban J connectivity index is 1.82. The highest BCUT2D eigenvalue weighted by atomic mass is 35.5. The zero-order valence-corrected chi connectivity index (χ0v) is 12.4. The van der Waals surface area contributed by atoms with Crippen molar-refractivity contribution < 1.29 is 4.79 Å². The maximum atomic E-state index is 12.3. The van der Waals surface area contributed by atoms with Crippen molar-refractivity contribution in [3.8, 4) is 11.1 Å². The lowest BCUT2D eigenvalue weighted by molar-refractivity contribution is 0.102. The molecule has 0 unspecified atom stereocenters. The lowest BCUT2D eigenvalue weighted by atomic mass is 10.0. The highest BCUT2D eigenvalue weighted by molar-refractivity contribution is 6.30. The van der Waals surface area contributed by atoms with Crippen LogP contribution in [0.1, 0.15) is 10.4 Å². The maximum Gasteiger partial charge on any atom is 0.255 e. The molecular formula is C18H13ClN2O. The molecular weight excluding hydrogens is 296 g/mol. The van der Waals surface area contributed by atoms with Crippen LogP contribution in [-0.2, 0) is 0 Å². The van der Waals surface area contributed by atoms with E-state index >= 15 is 0 Å². The predicted molar refractivity (Wildman–Crippen MR) is 89.1 cm³/mol. The minimum Gasteiger partial charge on any atom is -0.322 e. The molecule has 1 aromatic heterocycles. The topological polar surface area (TPSA) is 42.0 Å². The zero-order chi connectivity index (χ0) is 15.4. The van der Waals surface area contributed by atoms with E-state index in [1.54, 1.807) is 42.7 Å². The molecule has 0 aliphatic heterocycles. The third-order valence-corrected chi connectivity index (χ3v) is 3.49. The third-order valence-electron chi connectivity index (χ3n) is 3.24. The first-order valence-corrected chi connectivity index (χ1v) is 7.17. The van der Waals surface area contributed by atoms with Gasteiger partial charge in [0.15, 0.2) is 0 Å². The van der Waals surface area contributed by atoms with Crippen molar-refractivity contribution >= 4 is 23.2 Å². The quantitative estimate of drug-likeness (QED) is 0.765. The van der Waals surface area contributed by atoms with Crippen LogP contribution in [-0.4, -0.2) is 10.9 Å². The number of aromatic nitrogens is 1. The Morgan fingerprint density at radius 3 is 2.36 bits per heavy atom. The number of carbonyl (C=O) groups excluding carboxylic acids is 1. The third kappa shape index (κ3) is 3.32. The summed E-state index contributed by atoms with van der Waals surface area (Å²) in [5.41, 5.74) is 3.32. The standard InChI is InChI=1S/C18H13ClN2O/c19-16-4-6-17(7-5-16)21-18(22)15-3-1-2-14(12-15)13-8-10-20-11-9-13/h1-12H,(H,21,22). The molecule has 0 aliphatic rings. The summed E-state index contributed by atoms with van der Waals surface area (Å²) < 4.78 is 0. The first kappa shape index (κ1) is 14.3. The van der Waals surface area contributed by atoms with Gasteiger partial charge in [-0.15, -0.1) is 0 Å². The van der Waals surface area contributed by atoms with Gasteiger partial charge in [-0.3, -0.25) is 9.78 Å². The van der Waals surface area contributed by atoms with Gasteiger partial charge in [0, 0.05) is 28.7 Å². The van der Waals surface area contributed by atoms with E-state index in [0.717, 1.165) is 11.1 Å². The van der Waals surface area contributed by atoms with E-state index in [1.165, 1.54) is 0 Å². The Morgan fingerprint density at radius 2 is 1.64 bits per heavy atom. The van der Waals surface area contributed by atoms with E-state index in [0.29, 0.717) is 16.3 Å². The summed E-state index contributed by atoms with van der Waals surface area (Å²) >= 11 is 5.84. The molecule has 0 saturated carbocycles. The molecule has 1 amide bonds. The van der Waals surface area contributed by atoms with Crippen LogP contribution in [0.5, 0.6) is 0 Å². The van der Waals surface area contributed by atoms with Gasteiger partial charge in [0.2, 0.25) is 0 Å². The van der Waals surface area contributed by atoms with Crippen LogP contribution in [0.2, 0.25) is 5.02 Å². The Labute approximate surface area is 133 Å². The number of amides is 1. The average Bonchev–Trinajstić information content (AvgIpc) is 2.58. The molecule has 1 N–H and O–H groups in total.